The van der Waals surface area contributed by atoms with Gasteiger partial charge in [0.25, 0.3) is 5.91 Å². The van der Waals surface area contributed by atoms with Crippen molar-refractivity contribution in [2.75, 3.05) is 35.7 Å². The fraction of sp³-hybridized carbons (Fsp3) is 0.286. The van der Waals surface area contributed by atoms with Crippen LogP contribution >= 0.6 is 11.3 Å². The number of carboxylic acid groups (broad SMARTS) is 1. The molecular weight excluding hydrogens is 505 g/mol. The molecule has 1 aliphatic rings. The lowest BCUT2D eigenvalue weighted by molar-refractivity contribution is -0.274. The number of nitrogens with zero attached hydrogens (tertiary/aromatic N) is 2. The number of hydrogen-bond acceptors (Lipinski definition) is 10. The van der Waals surface area contributed by atoms with E-state index >= 15 is 0 Å². The molecule has 0 spiro atoms. The minimum Gasteiger partial charge on any atom is -0.478 e. The maximum atomic E-state index is 12.6. The van der Waals surface area contributed by atoms with Crippen LogP contribution in [0.4, 0.5) is 29.7 Å². The van der Waals surface area contributed by atoms with Crippen LogP contribution in [0.2, 0.25) is 0 Å². The normalized spacial score (nSPS) is 18.0. The lowest BCUT2D eigenvalue weighted by atomic mass is 10.1. The summed E-state index contributed by atoms with van der Waals surface area (Å²) in [7, 11) is 1.62. The number of benzene rings is 2. The fourth-order valence-electron chi connectivity index (χ4n) is 3.88. The van der Waals surface area contributed by atoms with Crippen LogP contribution in [0.1, 0.15) is 10.4 Å². The zero-order chi connectivity index (χ0) is 26.3. The summed E-state index contributed by atoms with van der Waals surface area (Å²) in [6, 6.07) is 8.02. The third-order valence-electron chi connectivity index (χ3n) is 5.39. The van der Waals surface area contributed by atoms with Crippen molar-refractivity contribution < 1.29 is 37.3 Å². The Bertz CT molecular complexity index is 1320. The van der Waals surface area contributed by atoms with Crippen LogP contribution in [0, 0.1) is 0 Å². The van der Waals surface area contributed by atoms with E-state index in [1.54, 1.807) is 18.0 Å². The number of primary amides is 1. The molecule has 1 aromatic heterocycles. The van der Waals surface area contributed by atoms with E-state index in [1.807, 2.05) is 0 Å². The molecule has 11 nitrogen and oxygen atoms in total. The number of likely N-dealkylation sites (N-methyl/N-ethyl adjacent to an activating group) is 1. The van der Waals surface area contributed by atoms with E-state index < -0.39 is 35.9 Å². The highest BCUT2D eigenvalue weighted by atomic mass is 32.1. The number of anilines is 3. The molecule has 7 N–H and O–H groups in total. The minimum atomic E-state index is -4.85. The Hall–Kier alpha value is -3.82. The molecule has 2 unspecified atom stereocenters. The Kier molecular flexibility index (Phi) is 6.55. The van der Waals surface area contributed by atoms with Crippen molar-refractivity contribution in [1.29, 1.82) is 0 Å². The lowest BCUT2D eigenvalue weighted by Crippen LogP contribution is -2.67. The zero-order valence-electron chi connectivity index (χ0n) is 18.6. The lowest BCUT2D eigenvalue weighted by Gasteiger charge is -2.42. The summed E-state index contributed by atoms with van der Waals surface area (Å²) in [6.45, 7) is 0.0596. The number of nitrogens with one attached hydrogen (secondary N) is 2. The van der Waals surface area contributed by atoms with Crippen LogP contribution in [0.5, 0.6) is 5.75 Å². The first-order valence-corrected chi connectivity index (χ1v) is 11.2. The van der Waals surface area contributed by atoms with Crippen molar-refractivity contribution in [3.05, 3.63) is 42.0 Å². The molecule has 3 aromatic rings. The first kappa shape index (κ1) is 25.3. The van der Waals surface area contributed by atoms with E-state index in [-0.39, 0.29) is 23.8 Å². The van der Waals surface area contributed by atoms with Gasteiger partial charge in [-0.15, -0.1) is 13.2 Å². The third kappa shape index (κ3) is 4.80. The van der Waals surface area contributed by atoms with E-state index in [4.69, 9.17) is 16.2 Å². The summed E-state index contributed by atoms with van der Waals surface area (Å²) in [5, 5.41) is 15.8. The maximum Gasteiger partial charge on any atom is 0.573 e. The van der Waals surface area contributed by atoms with Crippen LogP contribution in [-0.2, 0) is 9.53 Å². The van der Waals surface area contributed by atoms with Gasteiger partial charge in [-0.1, -0.05) is 11.3 Å². The van der Waals surface area contributed by atoms with Crippen LogP contribution in [-0.4, -0.2) is 60.4 Å². The second-order valence-electron chi connectivity index (χ2n) is 7.75. The van der Waals surface area contributed by atoms with E-state index in [2.05, 4.69) is 20.4 Å². The number of fused-ring (bicyclic) bond motifs is 2. The van der Waals surface area contributed by atoms with Gasteiger partial charge in [0.1, 0.15) is 5.75 Å². The molecule has 2 heterocycles. The standard InChI is InChI=1S/C21H21F3N6O5S/c1-30-14-5-2-10(18(32)33)8-13(14)28-20(30,16(17(26)31)34-7-6-25)29-19-27-12-4-3-11(9-15(12)36-19)35-21(22,23)24/h2-5,8-9,16,28H,6-7,25H2,1H3,(H2,26,31)(H,27,29)(H,32,33). The van der Waals surface area contributed by atoms with Crippen molar-refractivity contribution in [3.8, 4) is 5.75 Å². The third-order valence-corrected chi connectivity index (χ3v) is 6.32. The Labute approximate surface area is 205 Å². The smallest absolute Gasteiger partial charge is 0.478 e. The van der Waals surface area contributed by atoms with Gasteiger partial charge in [0.05, 0.1) is 33.8 Å². The molecule has 1 aliphatic heterocycles. The summed E-state index contributed by atoms with van der Waals surface area (Å²) in [5.74, 6) is -4.00. The molecular formula is C21H21F3N6O5S. The number of carboxylic acids is 1. The molecule has 36 heavy (non-hydrogen) atoms. The van der Waals surface area contributed by atoms with Crippen molar-refractivity contribution >= 4 is 49.9 Å². The molecule has 0 saturated heterocycles. The Morgan fingerprint density at radius 3 is 2.69 bits per heavy atom. The first-order chi connectivity index (χ1) is 16.9. The van der Waals surface area contributed by atoms with Gasteiger partial charge in [0, 0.05) is 19.7 Å². The number of thiazole rings is 1. The SMILES string of the molecule is CN1c2ccc(C(=O)O)cc2NC1(Nc1nc2ccc(OC(F)(F)F)cc2s1)C(OCCN)C(N)=O. The first-order valence-electron chi connectivity index (χ1n) is 10.4. The Morgan fingerprint density at radius 2 is 2.06 bits per heavy atom. The predicted molar refractivity (Wildman–Crippen MR) is 126 cm³/mol. The molecule has 192 valence electrons. The fourth-order valence-corrected chi connectivity index (χ4v) is 4.83. The molecule has 0 aliphatic carbocycles. The molecule has 15 heteroatoms. The number of rotatable bonds is 9. The summed E-state index contributed by atoms with van der Waals surface area (Å²) in [5.41, 5.74) is 12.5. The summed E-state index contributed by atoms with van der Waals surface area (Å²) in [4.78, 5) is 30.0. The molecule has 0 radical (unpaired) electrons. The number of carbonyl (C=O) groups is 2. The van der Waals surface area contributed by atoms with Crippen molar-refractivity contribution in [2.45, 2.75) is 18.3 Å². The number of carbonyl (C=O) groups excluding carboxylic acids is 1. The summed E-state index contributed by atoms with van der Waals surface area (Å²) < 4.78 is 47.9. The minimum absolute atomic E-state index is 0.00105. The van der Waals surface area contributed by atoms with E-state index in [1.165, 1.54) is 24.3 Å². The van der Waals surface area contributed by atoms with Crippen molar-refractivity contribution in [1.82, 2.24) is 4.98 Å². The second kappa shape index (κ2) is 9.33. The molecule has 0 saturated carbocycles. The summed E-state index contributed by atoms with van der Waals surface area (Å²) in [6.07, 6.45) is -6.21. The highest BCUT2D eigenvalue weighted by molar-refractivity contribution is 7.22. The molecule has 1 amide bonds. The van der Waals surface area contributed by atoms with Gasteiger partial charge in [-0.25, -0.2) is 9.78 Å². The quantitative estimate of drug-likeness (QED) is 0.279. The number of aromatic carboxylic acids is 1. The zero-order valence-corrected chi connectivity index (χ0v) is 19.4. The summed E-state index contributed by atoms with van der Waals surface area (Å²) >= 11 is 1.00. The number of aromatic nitrogens is 1. The Morgan fingerprint density at radius 1 is 1.31 bits per heavy atom. The van der Waals surface area contributed by atoms with E-state index in [9.17, 15) is 27.9 Å². The largest absolute Gasteiger partial charge is 0.573 e. The number of nitrogens with two attached hydrogens (primary N) is 2. The number of hydrogen-bond donors (Lipinski definition) is 5. The number of ether oxygens (including phenoxy) is 2. The molecule has 2 atom stereocenters. The number of halogens is 3. The van der Waals surface area contributed by atoms with Gasteiger partial charge in [-0.2, -0.15) is 0 Å². The second-order valence-corrected chi connectivity index (χ2v) is 8.78. The van der Waals surface area contributed by atoms with Gasteiger partial charge in [0.2, 0.25) is 5.79 Å². The van der Waals surface area contributed by atoms with Crippen molar-refractivity contribution in [3.63, 3.8) is 0 Å². The molecule has 2 aromatic carbocycles. The average molecular weight is 526 g/mol. The monoisotopic (exact) mass is 526 g/mol. The van der Waals surface area contributed by atoms with Gasteiger partial charge in [-0.05, 0) is 30.3 Å². The van der Waals surface area contributed by atoms with Crippen molar-refractivity contribution in [2.24, 2.45) is 11.5 Å². The average Bonchev–Trinajstić information content (AvgIpc) is 3.30. The molecule has 0 bridgehead atoms. The van der Waals surface area contributed by atoms with Gasteiger partial charge in [0.15, 0.2) is 11.2 Å². The highest BCUT2D eigenvalue weighted by Crippen LogP contribution is 2.43. The predicted octanol–water partition coefficient (Wildman–Crippen LogP) is 2.35. The van der Waals surface area contributed by atoms with E-state index in [0.29, 0.717) is 21.6 Å². The van der Waals surface area contributed by atoms with Gasteiger partial charge in [-0.3, -0.25) is 4.79 Å². The van der Waals surface area contributed by atoms with Crippen LogP contribution < -0.4 is 31.7 Å². The van der Waals surface area contributed by atoms with Gasteiger partial charge >= 0.3 is 12.3 Å². The topological polar surface area (TPSA) is 165 Å². The van der Waals surface area contributed by atoms with Crippen LogP contribution in [0.3, 0.4) is 0 Å². The van der Waals surface area contributed by atoms with Crippen LogP contribution in [0.25, 0.3) is 10.2 Å². The molecule has 0 fully saturated rings. The highest BCUT2D eigenvalue weighted by Gasteiger charge is 2.52. The Balaban J connectivity index is 1.76. The maximum absolute atomic E-state index is 12.6. The number of alkyl halides is 3. The van der Waals surface area contributed by atoms with E-state index in [0.717, 1.165) is 17.4 Å². The van der Waals surface area contributed by atoms with Crippen LogP contribution in [0.15, 0.2) is 36.4 Å². The molecule has 4 rings (SSSR count). The number of amides is 1. The van der Waals surface area contributed by atoms with Gasteiger partial charge < -0.3 is 41.6 Å².